The van der Waals surface area contributed by atoms with E-state index in [1.807, 2.05) is 6.92 Å². The van der Waals surface area contributed by atoms with Crippen molar-refractivity contribution in [1.82, 2.24) is 0 Å². The Balaban J connectivity index is 2.41. The first-order valence-corrected chi connectivity index (χ1v) is 7.23. The van der Waals surface area contributed by atoms with Crippen molar-refractivity contribution < 1.29 is 35.0 Å². The van der Waals surface area contributed by atoms with Crippen LogP contribution in [0.2, 0.25) is 0 Å². The van der Waals surface area contributed by atoms with E-state index < -0.39 is 43.4 Å². The predicted molar refractivity (Wildman–Crippen MR) is 80.7 cm³/mol. The lowest BCUT2D eigenvalue weighted by atomic mass is 9.99. The van der Waals surface area contributed by atoms with Crippen LogP contribution in [0.5, 0.6) is 0 Å². The molecule has 0 aromatic rings. The Morgan fingerprint density at radius 3 is 2.57 bits per heavy atom. The van der Waals surface area contributed by atoms with Crippen molar-refractivity contribution in [2.24, 2.45) is 0 Å². The summed E-state index contributed by atoms with van der Waals surface area (Å²) in [7, 11) is 0. The van der Waals surface area contributed by atoms with Crippen molar-refractivity contribution in [3.8, 4) is 23.7 Å². The van der Waals surface area contributed by atoms with E-state index in [0.29, 0.717) is 0 Å². The monoisotopic (exact) mass is 326 g/mol. The highest BCUT2D eigenvalue weighted by molar-refractivity contribution is 5.31. The van der Waals surface area contributed by atoms with Gasteiger partial charge in [0.15, 0.2) is 6.29 Å². The molecule has 1 fully saturated rings. The molecule has 1 aliphatic heterocycles. The number of ether oxygens (including phenoxy) is 2. The molecule has 7 nitrogen and oxygen atoms in total. The van der Waals surface area contributed by atoms with Crippen LogP contribution in [0.15, 0.2) is 12.2 Å². The number of rotatable bonds is 5. The molecule has 0 unspecified atom stereocenters. The fourth-order valence-electron chi connectivity index (χ4n) is 1.85. The molecule has 0 amide bonds. The largest absolute Gasteiger partial charge is 0.394 e. The van der Waals surface area contributed by atoms with Gasteiger partial charge in [0.05, 0.1) is 13.2 Å². The molecule has 0 aliphatic carbocycles. The van der Waals surface area contributed by atoms with E-state index in [1.54, 1.807) is 12.2 Å². The van der Waals surface area contributed by atoms with E-state index in [1.165, 1.54) is 0 Å². The molecule has 6 atom stereocenters. The van der Waals surface area contributed by atoms with Gasteiger partial charge in [-0.3, -0.25) is 0 Å². The topological polar surface area (TPSA) is 120 Å². The van der Waals surface area contributed by atoms with E-state index in [-0.39, 0.29) is 13.0 Å². The highest BCUT2D eigenvalue weighted by Crippen LogP contribution is 2.22. The van der Waals surface area contributed by atoms with Crippen LogP contribution < -0.4 is 0 Å². The number of aliphatic hydroxyl groups is 5. The average molecular weight is 326 g/mol. The fourth-order valence-corrected chi connectivity index (χ4v) is 1.85. The quantitative estimate of drug-likeness (QED) is 0.376. The number of allylic oxidation sites excluding steroid dienone is 2. The van der Waals surface area contributed by atoms with Gasteiger partial charge in [-0.05, 0) is 24.8 Å². The Morgan fingerprint density at radius 1 is 1.17 bits per heavy atom. The Morgan fingerprint density at radius 2 is 1.91 bits per heavy atom. The molecule has 1 saturated heterocycles. The molecular weight excluding hydrogens is 304 g/mol. The standard InChI is InChI=1S/C16H22O7/c1-2-3-4-5-6-7-11(18)8-9-22-16-15(21)14(20)13(19)12(10-17)23-16/h2-3,11-21H,8-10H2,1H3/b3-2+/t11-,12-,13-,14+,15-,16-/m1/s1. The molecule has 1 aliphatic rings. The van der Waals surface area contributed by atoms with Crippen molar-refractivity contribution in [3.63, 3.8) is 0 Å². The minimum Gasteiger partial charge on any atom is -0.394 e. The lowest BCUT2D eigenvalue weighted by Gasteiger charge is -2.39. The van der Waals surface area contributed by atoms with Crippen LogP contribution in [0.1, 0.15) is 13.3 Å². The van der Waals surface area contributed by atoms with E-state index >= 15 is 0 Å². The Labute approximate surface area is 135 Å². The maximum absolute atomic E-state index is 9.75. The second-order valence-corrected chi connectivity index (χ2v) is 4.91. The molecule has 23 heavy (non-hydrogen) atoms. The van der Waals surface area contributed by atoms with Crippen LogP contribution in [-0.4, -0.2) is 75.6 Å². The zero-order chi connectivity index (χ0) is 17.2. The lowest BCUT2D eigenvalue weighted by molar-refractivity contribution is -0.301. The summed E-state index contributed by atoms with van der Waals surface area (Å²) >= 11 is 0. The first kappa shape index (κ1) is 19.6. The van der Waals surface area contributed by atoms with Crippen molar-refractivity contribution in [1.29, 1.82) is 0 Å². The van der Waals surface area contributed by atoms with Crippen LogP contribution in [0.3, 0.4) is 0 Å². The average Bonchev–Trinajstić information content (AvgIpc) is 2.54. The Hall–Kier alpha value is -1.42. The molecule has 128 valence electrons. The smallest absolute Gasteiger partial charge is 0.186 e. The van der Waals surface area contributed by atoms with Gasteiger partial charge < -0.3 is 35.0 Å². The summed E-state index contributed by atoms with van der Waals surface area (Å²) in [5.74, 6) is 10.2. The van der Waals surface area contributed by atoms with Gasteiger partial charge in [-0.2, -0.15) is 0 Å². The van der Waals surface area contributed by atoms with Gasteiger partial charge >= 0.3 is 0 Å². The van der Waals surface area contributed by atoms with Gasteiger partial charge in [-0.15, -0.1) is 0 Å². The summed E-state index contributed by atoms with van der Waals surface area (Å²) in [6.07, 6.45) is -4.02. The SMILES string of the molecule is C/C=C/C#CC#C[C@@H](O)CCO[C@@H]1O[C@H](CO)[C@@H](O)[C@H](O)[C@H]1O. The third-order valence-electron chi connectivity index (χ3n) is 3.15. The molecule has 0 saturated carbocycles. The minimum absolute atomic E-state index is 0.000822. The molecule has 0 spiro atoms. The second-order valence-electron chi connectivity index (χ2n) is 4.91. The minimum atomic E-state index is -1.49. The fraction of sp³-hybridized carbons (Fsp3) is 0.625. The summed E-state index contributed by atoms with van der Waals surface area (Å²) in [5.41, 5.74) is 0. The van der Waals surface area contributed by atoms with E-state index in [0.717, 1.165) is 0 Å². The van der Waals surface area contributed by atoms with E-state index in [2.05, 4.69) is 23.7 Å². The zero-order valence-electron chi connectivity index (χ0n) is 12.8. The summed E-state index contributed by atoms with van der Waals surface area (Å²) in [4.78, 5) is 0. The van der Waals surface area contributed by atoms with Gasteiger partial charge in [0, 0.05) is 6.42 Å². The van der Waals surface area contributed by atoms with Crippen LogP contribution in [0, 0.1) is 23.7 Å². The Bertz CT molecular complexity index is 494. The van der Waals surface area contributed by atoms with Crippen molar-refractivity contribution in [2.75, 3.05) is 13.2 Å². The normalized spacial score (nSPS) is 31.8. The van der Waals surface area contributed by atoms with Crippen LogP contribution in [0.4, 0.5) is 0 Å². The lowest BCUT2D eigenvalue weighted by Crippen LogP contribution is -2.59. The third-order valence-corrected chi connectivity index (χ3v) is 3.15. The van der Waals surface area contributed by atoms with Crippen molar-refractivity contribution >= 4 is 0 Å². The zero-order valence-corrected chi connectivity index (χ0v) is 12.8. The molecule has 0 bridgehead atoms. The number of hydrogen-bond donors (Lipinski definition) is 5. The number of aliphatic hydroxyl groups excluding tert-OH is 5. The maximum atomic E-state index is 9.75. The van der Waals surface area contributed by atoms with Crippen LogP contribution in [0.25, 0.3) is 0 Å². The molecule has 1 heterocycles. The summed E-state index contributed by atoms with van der Waals surface area (Å²) in [6.45, 7) is 1.30. The molecular formula is C16H22O7. The van der Waals surface area contributed by atoms with E-state index in [4.69, 9.17) is 14.6 Å². The molecule has 0 aromatic heterocycles. The van der Waals surface area contributed by atoms with Gasteiger partial charge in [0.2, 0.25) is 0 Å². The highest BCUT2D eigenvalue weighted by atomic mass is 16.7. The van der Waals surface area contributed by atoms with Crippen LogP contribution in [-0.2, 0) is 9.47 Å². The van der Waals surface area contributed by atoms with Gasteiger partial charge in [0.25, 0.3) is 0 Å². The van der Waals surface area contributed by atoms with E-state index in [9.17, 15) is 20.4 Å². The van der Waals surface area contributed by atoms with Crippen molar-refractivity contribution in [3.05, 3.63) is 12.2 Å². The number of hydrogen-bond acceptors (Lipinski definition) is 7. The van der Waals surface area contributed by atoms with Gasteiger partial charge in [-0.25, -0.2) is 0 Å². The van der Waals surface area contributed by atoms with Gasteiger partial charge in [0.1, 0.15) is 30.5 Å². The van der Waals surface area contributed by atoms with Gasteiger partial charge in [-0.1, -0.05) is 17.9 Å². The molecule has 5 N–H and O–H groups in total. The maximum Gasteiger partial charge on any atom is 0.186 e. The third kappa shape index (κ3) is 6.30. The summed E-state index contributed by atoms with van der Waals surface area (Å²) in [5, 5.41) is 47.6. The molecule has 1 rings (SSSR count). The molecule has 0 aromatic carbocycles. The predicted octanol–water partition coefficient (Wildman–Crippen LogP) is -1.86. The van der Waals surface area contributed by atoms with Crippen LogP contribution >= 0.6 is 0 Å². The van der Waals surface area contributed by atoms with Crippen molar-refractivity contribution in [2.45, 2.75) is 50.2 Å². The molecule has 0 radical (unpaired) electrons. The summed E-state index contributed by atoms with van der Waals surface area (Å²) < 4.78 is 10.4. The first-order valence-electron chi connectivity index (χ1n) is 7.23. The first-order chi connectivity index (χ1) is 11.0. The summed E-state index contributed by atoms with van der Waals surface area (Å²) in [6, 6.07) is 0. The highest BCUT2D eigenvalue weighted by Gasteiger charge is 2.43. The second kappa shape index (κ2) is 10.4. The Kier molecular flexibility index (Phi) is 8.85. The molecule has 7 heteroatoms.